The second-order valence-corrected chi connectivity index (χ2v) is 5.88. The third kappa shape index (κ3) is 2.46. The molecule has 2 fully saturated rings. The molecule has 0 radical (unpaired) electrons. The van der Waals surface area contributed by atoms with Gasteiger partial charge in [0.05, 0.1) is 23.9 Å². The van der Waals surface area contributed by atoms with E-state index >= 15 is 0 Å². The molecule has 1 saturated carbocycles. The quantitative estimate of drug-likeness (QED) is 0.707. The molecule has 0 aromatic carbocycles. The number of ether oxygens (including phenoxy) is 1. The Bertz CT molecular complexity index is 313. The van der Waals surface area contributed by atoms with E-state index in [9.17, 15) is 9.90 Å². The zero-order valence-electron chi connectivity index (χ0n) is 10.6. The summed E-state index contributed by atoms with van der Waals surface area (Å²) in [5, 5.41) is 9.20. The molecule has 1 unspecified atom stereocenters. The van der Waals surface area contributed by atoms with Crippen molar-refractivity contribution in [2.45, 2.75) is 50.4 Å². The Morgan fingerprint density at radius 2 is 2.18 bits per heavy atom. The highest BCUT2D eigenvalue weighted by atomic mass is 16.5. The third-order valence-corrected chi connectivity index (χ3v) is 3.64. The summed E-state index contributed by atoms with van der Waals surface area (Å²) >= 11 is 0. The molecule has 1 atom stereocenters. The van der Waals surface area contributed by atoms with Gasteiger partial charge in [-0.1, -0.05) is 0 Å². The van der Waals surface area contributed by atoms with Crippen LogP contribution in [0, 0.1) is 0 Å². The predicted molar refractivity (Wildman–Crippen MR) is 63.4 cm³/mol. The Balaban J connectivity index is 2.07. The van der Waals surface area contributed by atoms with Crippen molar-refractivity contribution < 1.29 is 14.6 Å². The molecule has 1 aliphatic heterocycles. The maximum absolute atomic E-state index is 12.3. The van der Waals surface area contributed by atoms with E-state index < -0.39 is 11.1 Å². The summed E-state index contributed by atoms with van der Waals surface area (Å²) < 4.78 is 5.68. The predicted octanol–water partition coefficient (Wildman–Crippen LogP) is -0.134. The van der Waals surface area contributed by atoms with Crippen molar-refractivity contribution in [3.8, 4) is 0 Å². The highest BCUT2D eigenvalue weighted by Gasteiger charge is 2.46. The fourth-order valence-electron chi connectivity index (χ4n) is 2.63. The molecular weight excluding hydrogens is 220 g/mol. The molecule has 5 heteroatoms. The van der Waals surface area contributed by atoms with Crippen LogP contribution >= 0.6 is 0 Å². The lowest BCUT2D eigenvalue weighted by Gasteiger charge is -2.47. The van der Waals surface area contributed by atoms with E-state index in [4.69, 9.17) is 10.5 Å². The summed E-state index contributed by atoms with van der Waals surface area (Å²) in [4.78, 5) is 14.1. The lowest BCUT2D eigenvalue weighted by atomic mass is 9.76. The van der Waals surface area contributed by atoms with Gasteiger partial charge in [-0.05, 0) is 33.1 Å². The number of hydrogen-bond acceptors (Lipinski definition) is 4. The van der Waals surface area contributed by atoms with E-state index in [0.717, 1.165) is 19.3 Å². The largest absolute Gasteiger partial charge is 0.394 e. The first-order chi connectivity index (χ1) is 7.86. The first-order valence-corrected chi connectivity index (χ1v) is 6.23. The number of aliphatic hydroxyl groups is 1. The van der Waals surface area contributed by atoms with Gasteiger partial charge in [0.2, 0.25) is 5.91 Å². The highest BCUT2D eigenvalue weighted by molar-refractivity contribution is 5.87. The SMILES string of the molecule is CC1(C)CN(C(=O)C2(N)CCC2)CC(CO)O1. The smallest absolute Gasteiger partial charge is 0.242 e. The van der Waals surface area contributed by atoms with Gasteiger partial charge in [-0.25, -0.2) is 0 Å². The zero-order chi connectivity index (χ0) is 12.7. The van der Waals surface area contributed by atoms with Gasteiger partial charge in [-0.3, -0.25) is 4.79 Å². The molecule has 1 amide bonds. The summed E-state index contributed by atoms with van der Waals surface area (Å²) in [6, 6.07) is 0. The topological polar surface area (TPSA) is 75.8 Å². The number of carbonyl (C=O) groups excluding carboxylic acids is 1. The Morgan fingerprint density at radius 3 is 2.65 bits per heavy atom. The minimum Gasteiger partial charge on any atom is -0.394 e. The molecule has 0 aromatic rings. The number of rotatable bonds is 2. The van der Waals surface area contributed by atoms with Crippen molar-refractivity contribution in [3.05, 3.63) is 0 Å². The Kier molecular flexibility index (Phi) is 3.18. The Morgan fingerprint density at radius 1 is 1.53 bits per heavy atom. The van der Waals surface area contributed by atoms with Crippen molar-refractivity contribution >= 4 is 5.91 Å². The first-order valence-electron chi connectivity index (χ1n) is 6.23. The number of morpholine rings is 1. The molecule has 2 rings (SSSR count). The fraction of sp³-hybridized carbons (Fsp3) is 0.917. The second-order valence-electron chi connectivity index (χ2n) is 5.88. The third-order valence-electron chi connectivity index (χ3n) is 3.64. The number of amides is 1. The van der Waals surface area contributed by atoms with Gasteiger partial charge in [0.1, 0.15) is 0 Å². The van der Waals surface area contributed by atoms with E-state index in [1.54, 1.807) is 4.90 Å². The lowest BCUT2D eigenvalue weighted by Crippen LogP contribution is -2.65. The van der Waals surface area contributed by atoms with E-state index in [-0.39, 0.29) is 18.6 Å². The molecule has 1 aliphatic carbocycles. The van der Waals surface area contributed by atoms with Gasteiger partial charge in [-0.15, -0.1) is 0 Å². The summed E-state index contributed by atoms with van der Waals surface area (Å²) in [5.74, 6) is 0.0126. The fourth-order valence-corrected chi connectivity index (χ4v) is 2.63. The molecular formula is C12H22N2O3. The Labute approximate surface area is 102 Å². The average Bonchev–Trinajstić information content (AvgIpc) is 2.22. The monoisotopic (exact) mass is 242 g/mol. The molecule has 0 spiro atoms. The summed E-state index contributed by atoms with van der Waals surface area (Å²) in [6.45, 7) is 4.78. The maximum atomic E-state index is 12.3. The standard InChI is InChI=1S/C12H22N2O3/c1-11(2)8-14(6-9(7-15)17-11)10(16)12(13)4-3-5-12/h9,15H,3-8,13H2,1-2H3. The average molecular weight is 242 g/mol. The molecule has 2 aliphatic rings. The van der Waals surface area contributed by atoms with Gasteiger partial charge >= 0.3 is 0 Å². The maximum Gasteiger partial charge on any atom is 0.242 e. The van der Waals surface area contributed by atoms with Crippen LogP contribution in [0.15, 0.2) is 0 Å². The summed E-state index contributed by atoms with van der Waals surface area (Å²) in [5.41, 5.74) is 4.98. The van der Waals surface area contributed by atoms with Crippen LogP contribution in [0.25, 0.3) is 0 Å². The summed E-state index contributed by atoms with van der Waals surface area (Å²) in [7, 11) is 0. The van der Waals surface area contributed by atoms with Gasteiger partial charge in [0.15, 0.2) is 0 Å². The van der Waals surface area contributed by atoms with Crippen LogP contribution in [0.5, 0.6) is 0 Å². The van der Waals surface area contributed by atoms with Crippen LogP contribution < -0.4 is 5.73 Å². The van der Waals surface area contributed by atoms with E-state index in [1.165, 1.54) is 0 Å². The van der Waals surface area contributed by atoms with Crippen LogP contribution in [0.3, 0.4) is 0 Å². The molecule has 17 heavy (non-hydrogen) atoms. The first kappa shape index (κ1) is 12.8. The van der Waals surface area contributed by atoms with Gasteiger partial charge in [0, 0.05) is 13.1 Å². The van der Waals surface area contributed by atoms with Crippen LogP contribution in [0.2, 0.25) is 0 Å². The van der Waals surface area contributed by atoms with Crippen molar-refractivity contribution in [2.24, 2.45) is 5.73 Å². The molecule has 0 bridgehead atoms. The number of hydrogen-bond donors (Lipinski definition) is 2. The lowest BCUT2D eigenvalue weighted by molar-refractivity contribution is -0.172. The van der Waals surface area contributed by atoms with Crippen molar-refractivity contribution in [1.29, 1.82) is 0 Å². The minimum atomic E-state index is -0.659. The number of aliphatic hydroxyl groups excluding tert-OH is 1. The van der Waals surface area contributed by atoms with Gasteiger partial charge in [0.25, 0.3) is 0 Å². The number of nitrogens with two attached hydrogens (primary N) is 1. The van der Waals surface area contributed by atoms with E-state index in [0.29, 0.717) is 13.1 Å². The van der Waals surface area contributed by atoms with Gasteiger partial charge in [-0.2, -0.15) is 0 Å². The van der Waals surface area contributed by atoms with Crippen molar-refractivity contribution in [3.63, 3.8) is 0 Å². The van der Waals surface area contributed by atoms with Crippen LogP contribution in [-0.2, 0) is 9.53 Å². The molecule has 1 heterocycles. The summed E-state index contributed by atoms with van der Waals surface area (Å²) in [6.07, 6.45) is 2.27. The zero-order valence-corrected chi connectivity index (χ0v) is 10.6. The highest BCUT2D eigenvalue weighted by Crippen LogP contribution is 2.32. The normalized spacial score (nSPS) is 30.8. The van der Waals surface area contributed by atoms with Gasteiger partial charge < -0.3 is 20.5 Å². The second kappa shape index (κ2) is 4.23. The molecule has 98 valence electrons. The van der Waals surface area contributed by atoms with E-state index in [2.05, 4.69) is 0 Å². The number of nitrogens with zero attached hydrogens (tertiary/aromatic N) is 1. The minimum absolute atomic E-state index is 0.0126. The van der Waals surface area contributed by atoms with Crippen LogP contribution in [0.4, 0.5) is 0 Å². The Hall–Kier alpha value is -0.650. The molecule has 1 saturated heterocycles. The van der Waals surface area contributed by atoms with Crippen molar-refractivity contribution in [1.82, 2.24) is 4.90 Å². The molecule has 0 aromatic heterocycles. The van der Waals surface area contributed by atoms with Crippen molar-refractivity contribution in [2.75, 3.05) is 19.7 Å². The molecule has 5 nitrogen and oxygen atoms in total. The van der Waals surface area contributed by atoms with E-state index in [1.807, 2.05) is 13.8 Å². The number of carbonyl (C=O) groups is 1. The molecule has 3 N–H and O–H groups in total. The van der Waals surface area contributed by atoms with Crippen LogP contribution in [0.1, 0.15) is 33.1 Å². The van der Waals surface area contributed by atoms with Crippen LogP contribution in [-0.4, -0.2) is 52.9 Å².